The third kappa shape index (κ3) is 3.01. The molecule has 0 radical (unpaired) electrons. The van der Waals surface area contributed by atoms with Crippen molar-refractivity contribution in [3.63, 3.8) is 0 Å². The molecule has 0 atom stereocenters. The van der Waals surface area contributed by atoms with Crippen molar-refractivity contribution in [2.24, 2.45) is 0 Å². The molecule has 1 aromatic heterocycles. The summed E-state index contributed by atoms with van der Waals surface area (Å²) in [5.74, 6) is 1.03. The van der Waals surface area contributed by atoms with Crippen molar-refractivity contribution in [1.29, 1.82) is 0 Å². The molecule has 0 aliphatic carbocycles. The van der Waals surface area contributed by atoms with Gasteiger partial charge in [-0.3, -0.25) is 0 Å². The molecule has 5 heteroatoms. The highest BCUT2D eigenvalue weighted by Gasteiger charge is 1.99. The Balaban J connectivity index is 2.05. The Morgan fingerprint density at radius 3 is 2.71 bits per heavy atom. The average molecular weight is 249 g/mol. The van der Waals surface area contributed by atoms with E-state index in [1.165, 1.54) is 0 Å². The number of benzene rings is 1. The van der Waals surface area contributed by atoms with Gasteiger partial charge in [-0.15, -0.1) is 0 Å². The molecule has 88 valence electrons. The number of aromatic nitrogens is 1. The molecule has 1 heterocycles. The van der Waals surface area contributed by atoms with Crippen molar-refractivity contribution < 1.29 is 0 Å². The second-order valence-electron chi connectivity index (χ2n) is 3.65. The quantitative estimate of drug-likeness (QED) is 0.780. The van der Waals surface area contributed by atoms with Crippen LogP contribution in [0.15, 0.2) is 36.4 Å². The second-order valence-corrected chi connectivity index (χ2v) is 4.09. The highest BCUT2D eigenvalue weighted by molar-refractivity contribution is 6.30. The largest absolute Gasteiger partial charge is 0.396 e. The van der Waals surface area contributed by atoms with E-state index in [0.717, 1.165) is 5.56 Å². The van der Waals surface area contributed by atoms with Gasteiger partial charge in [-0.1, -0.05) is 23.7 Å². The van der Waals surface area contributed by atoms with Crippen LogP contribution >= 0.6 is 11.6 Å². The summed E-state index contributed by atoms with van der Waals surface area (Å²) in [6.45, 7) is 0.636. The Kier molecular flexibility index (Phi) is 3.35. The van der Waals surface area contributed by atoms with E-state index in [-0.39, 0.29) is 0 Å². The van der Waals surface area contributed by atoms with Crippen LogP contribution in [-0.4, -0.2) is 4.98 Å². The van der Waals surface area contributed by atoms with Gasteiger partial charge in [0.25, 0.3) is 0 Å². The number of halogens is 1. The molecule has 4 nitrogen and oxygen atoms in total. The number of hydrogen-bond acceptors (Lipinski definition) is 4. The van der Waals surface area contributed by atoms with E-state index in [0.29, 0.717) is 28.9 Å². The Morgan fingerprint density at radius 1 is 1.18 bits per heavy atom. The van der Waals surface area contributed by atoms with E-state index in [2.05, 4.69) is 10.3 Å². The fourth-order valence-electron chi connectivity index (χ4n) is 1.42. The molecule has 0 amide bonds. The molecule has 0 fully saturated rings. The number of nitrogens with zero attached hydrogens (tertiary/aromatic N) is 1. The summed E-state index contributed by atoms with van der Waals surface area (Å²) in [5.41, 5.74) is 12.8. The smallest absolute Gasteiger partial charge is 0.149 e. The maximum atomic E-state index is 5.89. The highest BCUT2D eigenvalue weighted by atomic mass is 35.5. The van der Waals surface area contributed by atoms with Crippen LogP contribution in [0.25, 0.3) is 0 Å². The van der Waals surface area contributed by atoms with Gasteiger partial charge >= 0.3 is 0 Å². The minimum atomic E-state index is 0.334. The third-order valence-electron chi connectivity index (χ3n) is 2.32. The van der Waals surface area contributed by atoms with Crippen molar-refractivity contribution in [1.82, 2.24) is 4.98 Å². The van der Waals surface area contributed by atoms with E-state index in [4.69, 9.17) is 23.1 Å². The zero-order valence-electron chi connectivity index (χ0n) is 9.15. The highest BCUT2D eigenvalue weighted by Crippen LogP contribution is 2.16. The van der Waals surface area contributed by atoms with Gasteiger partial charge in [0.2, 0.25) is 0 Å². The molecule has 0 aliphatic rings. The number of nitrogen functional groups attached to an aromatic ring is 2. The Morgan fingerprint density at radius 2 is 2.00 bits per heavy atom. The zero-order valence-corrected chi connectivity index (χ0v) is 9.91. The van der Waals surface area contributed by atoms with Crippen LogP contribution in [0, 0.1) is 0 Å². The molecular formula is C12H13ClN4. The van der Waals surface area contributed by atoms with Gasteiger partial charge in [-0.2, -0.15) is 0 Å². The van der Waals surface area contributed by atoms with Crippen LogP contribution in [0.3, 0.4) is 0 Å². The molecule has 2 aromatic rings. The van der Waals surface area contributed by atoms with Crippen molar-refractivity contribution in [3.8, 4) is 0 Å². The first-order valence-electron chi connectivity index (χ1n) is 5.15. The zero-order chi connectivity index (χ0) is 12.3. The molecular weight excluding hydrogens is 236 g/mol. The van der Waals surface area contributed by atoms with E-state index in [1.54, 1.807) is 12.1 Å². The van der Waals surface area contributed by atoms with Crippen LogP contribution in [0.5, 0.6) is 0 Å². The normalized spacial score (nSPS) is 10.2. The van der Waals surface area contributed by atoms with E-state index >= 15 is 0 Å². The van der Waals surface area contributed by atoms with Crippen molar-refractivity contribution in [2.45, 2.75) is 6.54 Å². The monoisotopic (exact) mass is 248 g/mol. The van der Waals surface area contributed by atoms with Crippen LogP contribution in [0.2, 0.25) is 5.02 Å². The van der Waals surface area contributed by atoms with Crippen molar-refractivity contribution in [2.75, 3.05) is 16.8 Å². The van der Waals surface area contributed by atoms with Crippen molar-refractivity contribution >= 4 is 28.9 Å². The van der Waals surface area contributed by atoms with Crippen LogP contribution in [0.1, 0.15) is 5.56 Å². The van der Waals surface area contributed by atoms with Gasteiger partial charge < -0.3 is 16.8 Å². The number of pyridine rings is 1. The Labute approximate surface area is 105 Å². The number of hydrogen-bond donors (Lipinski definition) is 3. The topological polar surface area (TPSA) is 77.0 Å². The minimum absolute atomic E-state index is 0.334. The van der Waals surface area contributed by atoms with Crippen LogP contribution in [0.4, 0.5) is 17.3 Å². The van der Waals surface area contributed by atoms with Gasteiger partial charge in [0.05, 0.1) is 5.69 Å². The molecule has 1 aromatic carbocycles. The lowest BCUT2D eigenvalue weighted by Gasteiger charge is -2.07. The summed E-state index contributed by atoms with van der Waals surface area (Å²) in [6, 6.07) is 11.1. The number of anilines is 3. The first kappa shape index (κ1) is 11.5. The van der Waals surface area contributed by atoms with Gasteiger partial charge in [-0.25, -0.2) is 4.98 Å². The van der Waals surface area contributed by atoms with Crippen molar-refractivity contribution in [3.05, 3.63) is 47.0 Å². The SMILES string of the molecule is Nc1ccc(NCc2cccc(Cl)c2)nc1N. The average Bonchev–Trinajstić information content (AvgIpc) is 2.31. The summed E-state index contributed by atoms with van der Waals surface area (Å²) in [6.07, 6.45) is 0. The fraction of sp³-hybridized carbons (Fsp3) is 0.0833. The summed E-state index contributed by atoms with van der Waals surface area (Å²) in [7, 11) is 0. The number of nitrogens with two attached hydrogens (primary N) is 2. The lowest BCUT2D eigenvalue weighted by Crippen LogP contribution is -2.04. The Hall–Kier alpha value is -1.94. The Bertz CT molecular complexity index is 528. The van der Waals surface area contributed by atoms with E-state index in [9.17, 15) is 0 Å². The maximum absolute atomic E-state index is 5.89. The second kappa shape index (κ2) is 4.93. The molecule has 2 rings (SSSR count). The summed E-state index contributed by atoms with van der Waals surface area (Å²) >= 11 is 5.89. The van der Waals surface area contributed by atoms with Crippen LogP contribution in [-0.2, 0) is 6.54 Å². The molecule has 0 saturated carbocycles. The van der Waals surface area contributed by atoms with Gasteiger partial charge in [0.15, 0.2) is 0 Å². The first-order valence-corrected chi connectivity index (χ1v) is 5.53. The lowest BCUT2D eigenvalue weighted by molar-refractivity contribution is 1.11. The lowest BCUT2D eigenvalue weighted by atomic mass is 10.2. The molecule has 0 spiro atoms. The predicted molar refractivity (Wildman–Crippen MR) is 71.8 cm³/mol. The summed E-state index contributed by atoms with van der Waals surface area (Å²) in [4.78, 5) is 4.12. The maximum Gasteiger partial charge on any atom is 0.149 e. The number of nitrogens with one attached hydrogen (secondary N) is 1. The first-order chi connectivity index (χ1) is 8.15. The molecule has 0 saturated heterocycles. The third-order valence-corrected chi connectivity index (χ3v) is 2.56. The standard InChI is InChI=1S/C12H13ClN4/c13-9-3-1-2-8(6-9)7-16-11-5-4-10(14)12(15)17-11/h1-6H,7,14H2,(H3,15,16,17). The predicted octanol–water partition coefficient (Wildman–Crippen LogP) is 2.51. The van der Waals surface area contributed by atoms with Crippen LogP contribution < -0.4 is 16.8 Å². The summed E-state index contributed by atoms with van der Waals surface area (Å²) < 4.78 is 0. The fourth-order valence-corrected chi connectivity index (χ4v) is 1.64. The molecule has 0 aliphatic heterocycles. The molecule has 5 N–H and O–H groups in total. The van der Waals surface area contributed by atoms with E-state index < -0.39 is 0 Å². The number of rotatable bonds is 3. The molecule has 0 bridgehead atoms. The van der Waals surface area contributed by atoms with E-state index in [1.807, 2.05) is 24.3 Å². The molecule has 0 unspecified atom stereocenters. The van der Waals surface area contributed by atoms with Gasteiger partial charge in [0, 0.05) is 11.6 Å². The molecule has 17 heavy (non-hydrogen) atoms. The van der Waals surface area contributed by atoms with Gasteiger partial charge in [-0.05, 0) is 29.8 Å². The van der Waals surface area contributed by atoms with Gasteiger partial charge in [0.1, 0.15) is 11.6 Å². The summed E-state index contributed by atoms with van der Waals surface area (Å²) in [5, 5.41) is 3.87. The minimum Gasteiger partial charge on any atom is -0.396 e.